The summed E-state index contributed by atoms with van der Waals surface area (Å²) in [6, 6.07) is 8.36. The highest BCUT2D eigenvalue weighted by Gasteiger charge is 2.25. The van der Waals surface area contributed by atoms with E-state index in [4.69, 9.17) is 11.6 Å². The maximum Gasteiger partial charge on any atom is 0.220 e. The monoisotopic (exact) mass is 279 g/mol. The summed E-state index contributed by atoms with van der Waals surface area (Å²) in [6.45, 7) is 2.81. The number of carbonyl (C=O) groups is 1. The number of hydrogen-bond donors (Lipinski definition) is 1. The van der Waals surface area contributed by atoms with Crippen molar-refractivity contribution in [1.29, 1.82) is 0 Å². The Labute approximate surface area is 120 Å². The van der Waals surface area contributed by atoms with Crippen LogP contribution in [0.15, 0.2) is 24.3 Å². The van der Waals surface area contributed by atoms with Crippen LogP contribution >= 0.6 is 11.6 Å². The molecule has 2 atom stereocenters. The Kier molecular flexibility index (Phi) is 5.26. The molecule has 1 aromatic carbocycles. The van der Waals surface area contributed by atoms with Crippen LogP contribution in [0, 0.1) is 12.8 Å². The van der Waals surface area contributed by atoms with Gasteiger partial charge in [-0.05, 0) is 37.7 Å². The summed E-state index contributed by atoms with van der Waals surface area (Å²) in [4.78, 5) is 11.8. The Bertz CT molecular complexity index is 415. The van der Waals surface area contributed by atoms with Gasteiger partial charge in [0.15, 0.2) is 0 Å². The molecular formula is C16H22ClNO. The third-order valence-electron chi connectivity index (χ3n) is 3.89. The first-order valence-corrected chi connectivity index (χ1v) is 7.55. The molecule has 0 saturated heterocycles. The van der Waals surface area contributed by atoms with Gasteiger partial charge in [0.1, 0.15) is 0 Å². The molecule has 19 heavy (non-hydrogen) atoms. The molecule has 1 saturated carbocycles. The summed E-state index contributed by atoms with van der Waals surface area (Å²) in [5.74, 6) is 0.598. The molecule has 0 radical (unpaired) electrons. The average Bonchev–Trinajstić information content (AvgIpc) is 2.81. The zero-order valence-corrected chi connectivity index (χ0v) is 12.2. The Balaban J connectivity index is 1.68. The van der Waals surface area contributed by atoms with Gasteiger partial charge in [0, 0.05) is 18.3 Å². The smallest absolute Gasteiger partial charge is 0.220 e. The molecule has 2 unspecified atom stereocenters. The summed E-state index contributed by atoms with van der Waals surface area (Å²) >= 11 is 6.20. The highest BCUT2D eigenvalue weighted by molar-refractivity contribution is 6.20. The van der Waals surface area contributed by atoms with Crippen LogP contribution in [-0.4, -0.2) is 17.8 Å². The Morgan fingerprint density at radius 3 is 2.68 bits per heavy atom. The van der Waals surface area contributed by atoms with Crippen LogP contribution < -0.4 is 5.32 Å². The second-order valence-corrected chi connectivity index (χ2v) is 6.06. The van der Waals surface area contributed by atoms with Crippen molar-refractivity contribution in [2.24, 2.45) is 5.92 Å². The summed E-state index contributed by atoms with van der Waals surface area (Å²) in [6.07, 6.45) is 4.79. The van der Waals surface area contributed by atoms with Crippen molar-refractivity contribution in [2.45, 2.75) is 44.4 Å². The number of hydrogen-bond acceptors (Lipinski definition) is 1. The highest BCUT2D eigenvalue weighted by Crippen LogP contribution is 2.29. The zero-order valence-electron chi connectivity index (χ0n) is 11.5. The summed E-state index contributed by atoms with van der Waals surface area (Å²) in [5, 5.41) is 3.26. The van der Waals surface area contributed by atoms with Crippen LogP contribution in [0.1, 0.15) is 36.8 Å². The van der Waals surface area contributed by atoms with Crippen molar-refractivity contribution in [3.63, 3.8) is 0 Å². The quantitative estimate of drug-likeness (QED) is 0.822. The molecule has 0 bridgehead atoms. The van der Waals surface area contributed by atoms with E-state index < -0.39 is 0 Å². The van der Waals surface area contributed by atoms with Gasteiger partial charge in [-0.2, -0.15) is 0 Å². The Morgan fingerprint density at radius 2 is 2.05 bits per heavy atom. The number of benzene rings is 1. The predicted octanol–water partition coefficient (Wildman–Crippen LogP) is 3.45. The number of nitrogens with one attached hydrogen (secondary N) is 1. The Hall–Kier alpha value is -1.02. The average molecular weight is 280 g/mol. The van der Waals surface area contributed by atoms with Gasteiger partial charge in [-0.1, -0.05) is 36.2 Å². The summed E-state index contributed by atoms with van der Waals surface area (Å²) < 4.78 is 0. The van der Waals surface area contributed by atoms with Gasteiger partial charge in [-0.25, -0.2) is 0 Å². The molecule has 1 amide bonds. The van der Waals surface area contributed by atoms with E-state index in [1.165, 1.54) is 17.5 Å². The van der Waals surface area contributed by atoms with Gasteiger partial charge in [0.25, 0.3) is 0 Å². The lowest BCUT2D eigenvalue weighted by molar-refractivity contribution is -0.121. The van der Waals surface area contributed by atoms with Crippen molar-refractivity contribution < 1.29 is 4.79 Å². The fraction of sp³-hybridized carbons (Fsp3) is 0.562. The largest absolute Gasteiger partial charge is 0.356 e. The number of alkyl halides is 1. The molecule has 2 rings (SSSR count). The first-order chi connectivity index (χ1) is 9.15. The molecule has 1 fully saturated rings. The van der Waals surface area contributed by atoms with Crippen LogP contribution in [0.3, 0.4) is 0 Å². The molecule has 1 aromatic rings. The molecule has 0 aliphatic heterocycles. The molecule has 1 aliphatic rings. The van der Waals surface area contributed by atoms with Gasteiger partial charge < -0.3 is 5.32 Å². The first kappa shape index (κ1) is 14.4. The van der Waals surface area contributed by atoms with Crippen LogP contribution in [-0.2, 0) is 11.2 Å². The topological polar surface area (TPSA) is 29.1 Å². The second kappa shape index (κ2) is 6.95. The zero-order chi connectivity index (χ0) is 13.7. The number of halogens is 1. The van der Waals surface area contributed by atoms with E-state index in [1.807, 2.05) is 0 Å². The molecule has 0 heterocycles. The van der Waals surface area contributed by atoms with Crippen LogP contribution in [0.25, 0.3) is 0 Å². The van der Waals surface area contributed by atoms with E-state index in [0.717, 1.165) is 25.8 Å². The van der Waals surface area contributed by atoms with Crippen molar-refractivity contribution >= 4 is 17.5 Å². The van der Waals surface area contributed by atoms with Crippen molar-refractivity contribution in [1.82, 2.24) is 5.32 Å². The maximum atomic E-state index is 11.8. The lowest BCUT2D eigenvalue weighted by Gasteiger charge is -2.14. The molecule has 0 aromatic heterocycles. The van der Waals surface area contributed by atoms with Crippen molar-refractivity contribution in [3.05, 3.63) is 35.4 Å². The molecule has 104 valence electrons. The van der Waals surface area contributed by atoms with Crippen LogP contribution in [0.4, 0.5) is 0 Å². The maximum absolute atomic E-state index is 11.8. The third-order valence-corrected chi connectivity index (χ3v) is 4.46. The normalized spacial score (nSPS) is 22.4. The number of carbonyl (C=O) groups excluding carboxylic acids is 1. The lowest BCUT2D eigenvalue weighted by atomic mass is 10.1. The molecule has 2 nitrogen and oxygen atoms in total. The van der Waals surface area contributed by atoms with E-state index in [0.29, 0.717) is 12.3 Å². The van der Waals surface area contributed by atoms with E-state index in [-0.39, 0.29) is 11.3 Å². The van der Waals surface area contributed by atoms with E-state index in [1.54, 1.807) is 0 Å². The second-order valence-electron chi connectivity index (χ2n) is 5.50. The fourth-order valence-electron chi connectivity index (χ4n) is 2.57. The van der Waals surface area contributed by atoms with Gasteiger partial charge >= 0.3 is 0 Å². The van der Waals surface area contributed by atoms with Gasteiger partial charge in [-0.15, -0.1) is 11.6 Å². The number of amides is 1. The predicted molar refractivity (Wildman–Crippen MR) is 79.5 cm³/mol. The lowest BCUT2D eigenvalue weighted by Crippen LogP contribution is -2.31. The molecule has 0 spiro atoms. The van der Waals surface area contributed by atoms with Crippen LogP contribution in [0.5, 0.6) is 0 Å². The first-order valence-electron chi connectivity index (χ1n) is 7.11. The summed E-state index contributed by atoms with van der Waals surface area (Å²) in [7, 11) is 0. The SMILES string of the molecule is Cc1ccc(CCC(=O)NCC2CCCC2Cl)cc1. The van der Waals surface area contributed by atoms with Gasteiger partial charge in [-0.3, -0.25) is 4.79 Å². The van der Waals surface area contributed by atoms with Crippen molar-refractivity contribution in [3.8, 4) is 0 Å². The fourth-order valence-corrected chi connectivity index (χ4v) is 2.94. The van der Waals surface area contributed by atoms with Gasteiger partial charge in [0.05, 0.1) is 0 Å². The third kappa shape index (κ3) is 4.54. The Morgan fingerprint density at radius 1 is 1.32 bits per heavy atom. The minimum atomic E-state index is 0.136. The highest BCUT2D eigenvalue weighted by atomic mass is 35.5. The molecule has 1 aliphatic carbocycles. The number of rotatable bonds is 5. The molecule has 1 N–H and O–H groups in total. The van der Waals surface area contributed by atoms with Crippen molar-refractivity contribution in [2.75, 3.05) is 6.54 Å². The van der Waals surface area contributed by atoms with Crippen LogP contribution in [0.2, 0.25) is 0 Å². The molecular weight excluding hydrogens is 258 g/mol. The molecule has 3 heteroatoms. The van der Waals surface area contributed by atoms with E-state index >= 15 is 0 Å². The standard InChI is InChI=1S/C16H22ClNO/c1-12-5-7-13(8-6-12)9-10-16(19)18-11-14-3-2-4-15(14)17/h5-8,14-15H,2-4,9-11H2,1H3,(H,18,19). The minimum Gasteiger partial charge on any atom is -0.356 e. The van der Waals surface area contributed by atoms with E-state index in [9.17, 15) is 4.79 Å². The summed E-state index contributed by atoms with van der Waals surface area (Å²) in [5.41, 5.74) is 2.47. The minimum absolute atomic E-state index is 0.136. The van der Waals surface area contributed by atoms with Gasteiger partial charge in [0.2, 0.25) is 5.91 Å². The number of aryl methyl sites for hydroxylation is 2. The van der Waals surface area contributed by atoms with E-state index in [2.05, 4.69) is 36.5 Å².